The van der Waals surface area contributed by atoms with Crippen molar-refractivity contribution >= 4 is 18.5 Å². The first-order valence-electron chi connectivity index (χ1n) is 6.39. The smallest absolute Gasteiger partial charge is 0.235 e. The number of piperazine rings is 1. The molecule has 2 aliphatic rings. The van der Waals surface area contributed by atoms with Crippen LogP contribution in [0.2, 0.25) is 0 Å². The van der Waals surface area contributed by atoms with Gasteiger partial charge < -0.3 is 4.90 Å². The van der Waals surface area contributed by atoms with E-state index in [2.05, 4.69) is 17.5 Å². The fraction of sp³-hybridized carbons (Fsp3) is 0.917. The lowest BCUT2D eigenvalue weighted by atomic mass is 10.2. The summed E-state index contributed by atoms with van der Waals surface area (Å²) in [6.07, 6.45) is 5.49. The fourth-order valence-corrected chi connectivity index (χ4v) is 3.00. The zero-order valence-electron chi connectivity index (χ0n) is 10.1. The standard InChI is InChI=1S/C12H22N2OS/c1-10(16)12(15)14-8-6-13(7-9-14)11-4-2-3-5-11/h10-11,16H,2-9H2,1H3. The van der Waals surface area contributed by atoms with Crippen LogP contribution in [0.25, 0.3) is 0 Å². The first kappa shape index (κ1) is 12.2. The highest BCUT2D eigenvalue weighted by Crippen LogP contribution is 2.24. The van der Waals surface area contributed by atoms with Crippen molar-refractivity contribution in [1.82, 2.24) is 9.80 Å². The number of carbonyl (C=O) groups excluding carboxylic acids is 1. The second-order valence-corrected chi connectivity index (χ2v) is 5.75. The molecule has 1 saturated carbocycles. The van der Waals surface area contributed by atoms with Gasteiger partial charge in [-0.25, -0.2) is 0 Å². The van der Waals surface area contributed by atoms with Crippen LogP contribution in [-0.4, -0.2) is 53.2 Å². The highest BCUT2D eigenvalue weighted by molar-refractivity contribution is 7.81. The highest BCUT2D eigenvalue weighted by Gasteiger charge is 2.28. The Kier molecular flexibility index (Phi) is 4.14. The molecule has 0 spiro atoms. The van der Waals surface area contributed by atoms with E-state index >= 15 is 0 Å². The first-order valence-corrected chi connectivity index (χ1v) is 6.91. The summed E-state index contributed by atoms with van der Waals surface area (Å²) in [5, 5.41) is -0.155. The van der Waals surface area contributed by atoms with Crippen LogP contribution in [0.15, 0.2) is 0 Å². The molecule has 0 aromatic heterocycles. The van der Waals surface area contributed by atoms with E-state index in [9.17, 15) is 4.79 Å². The Morgan fingerprint density at radius 3 is 2.25 bits per heavy atom. The van der Waals surface area contributed by atoms with Crippen molar-refractivity contribution in [3.63, 3.8) is 0 Å². The second kappa shape index (κ2) is 5.41. The summed E-state index contributed by atoms with van der Waals surface area (Å²) in [5.41, 5.74) is 0. The van der Waals surface area contributed by atoms with Gasteiger partial charge in [0.05, 0.1) is 5.25 Å². The molecular weight excluding hydrogens is 220 g/mol. The van der Waals surface area contributed by atoms with E-state index < -0.39 is 0 Å². The van der Waals surface area contributed by atoms with Crippen LogP contribution in [0, 0.1) is 0 Å². The van der Waals surface area contributed by atoms with Crippen LogP contribution in [0.4, 0.5) is 0 Å². The third-order valence-electron chi connectivity index (χ3n) is 3.82. The third-order valence-corrected chi connectivity index (χ3v) is 4.05. The van der Waals surface area contributed by atoms with Crippen LogP contribution in [0.5, 0.6) is 0 Å². The molecule has 4 heteroatoms. The molecule has 0 radical (unpaired) electrons. The molecule has 0 aromatic rings. The third kappa shape index (κ3) is 2.72. The number of carbonyl (C=O) groups is 1. The molecule has 3 nitrogen and oxygen atoms in total. The number of thiol groups is 1. The molecule has 1 saturated heterocycles. The van der Waals surface area contributed by atoms with Crippen LogP contribution in [0.3, 0.4) is 0 Å². The van der Waals surface area contributed by atoms with Gasteiger partial charge >= 0.3 is 0 Å². The quantitative estimate of drug-likeness (QED) is 0.740. The van der Waals surface area contributed by atoms with E-state index in [1.54, 1.807) is 0 Å². The predicted molar refractivity (Wildman–Crippen MR) is 68.9 cm³/mol. The minimum Gasteiger partial charge on any atom is -0.339 e. The maximum Gasteiger partial charge on any atom is 0.235 e. The Labute approximate surface area is 104 Å². The zero-order chi connectivity index (χ0) is 11.5. The number of rotatable bonds is 2. The number of hydrogen-bond acceptors (Lipinski definition) is 3. The van der Waals surface area contributed by atoms with E-state index in [0.29, 0.717) is 0 Å². The first-order chi connectivity index (χ1) is 7.68. The maximum absolute atomic E-state index is 11.8. The van der Waals surface area contributed by atoms with Gasteiger partial charge in [0.25, 0.3) is 0 Å². The van der Waals surface area contributed by atoms with Gasteiger partial charge in [-0.1, -0.05) is 12.8 Å². The van der Waals surface area contributed by atoms with Crippen molar-refractivity contribution in [1.29, 1.82) is 0 Å². The summed E-state index contributed by atoms with van der Waals surface area (Å²) in [6.45, 7) is 5.74. The molecule has 0 aromatic carbocycles. The normalized spacial score (nSPS) is 26.0. The van der Waals surface area contributed by atoms with E-state index in [1.807, 2.05) is 11.8 Å². The van der Waals surface area contributed by atoms with Gasteiger partial charge in [0, 0.05) is 32.2 Å². The Hall–Kier alpha value is -0.220. The monoisotopic (exact) mass is 242 g/mol. The molecule has 1 aliphatic heterocycles. The largest absolute Gasteiger partial charge is 0.339 e. The van der Waals surface area contributed by atoms with Crippen molar-refractivity contribution in [2.75, 3.05) is 26.2 Å². The summed E-state index contributed by atoms with van der Waals surface area (Å²) >= 11 is 4.21. The molecule has 1 atom stereocenters. The summed E-state index contributed by atoms with van der Waals surface area (Å²) in [7, 11) is 0. The summed E-state index contributed by atoms with van der Waals surface area (Å²) < 4.78 is 0. The maximum atomic E-state index is 11.8. The van der Waals surface area contributed by atoms with Crippen LogP contribution in [-0.2, 0) is 4.79 Å². The summed E-state index contributed by atoms with van der Waals surface area (Å²) in [5.74, 6) is 0.189. The molecule has 1 aliphatic carbocycles. The molecule has 1 unspecified atom stereocenters. The van der Waals surface area contributed by atoms with Gasteiger partial charge in [0.15, 0.2) is 0 Å². The minimum absolute atomic E-state index is 0.155. The van der Waals surface area contributed by atoms with Crippen molar-refractivity contribution in [3.8, 4) is 0 Å². The van der Waals surface area contributed by atoms with Crippen molar-refractivity contribution < 1.29 is 4.79 Å². The molecule has 16 heavy (non-hydrogen) atoms. The lowest BCUT2D eigenvalue weighted by Crippen LogP contribution is -2.52. The van der Waals surface area contributed by atoms with Crippen molar-refractivity contribution in [2.24, 2.45) is 0 Å². The minimum atomic E-state index is -0.155. The number of nitrogens with zero attached hydrogens (tertiary/aromatic N) is 2. The zero-order valence-corrected chi connectivity index (χ0v) is 11.0. The summed E-state index contributed by atoms with van der Waals surface area (Å²) in [6, 6.07) is 0.797. The van der Waals surface area contributed by atoms with Crippen molar-refractivity contribution in [2.45, 2.75) is 43.9 Å². The molecular formula is C12H22N2OS. The van der Waals surface area contributed by atoms with Gasteiger partial charge in [-0.05, 0) is 19.8 Å². The number of amides is 1. The van der Waals surface area contributed by atoms with E-state index in [4.69, 9.17) is 0 Å². The van der Waals surface area contributed by atoms with Crippen LogP contribution < -0.4 is 0 Å². The predicted octanol–water partition coefficient (Wildman–Crippen LogP) is 1.39. The molecule has 1 heterocycles. The van der Waals surface area contributed by atoms with Crippen molar-refractivity contribution in [3.05, 3.63) is 0 Å². The van der Waals surface area contributed by atoms with Gasteiger partial charge in [0.2, 0.25) is 5.91 Å². The van der Waals surface area contributed by atoms with Crippen LogP contribution >= 0.6 is 12.6 Å². The molecule has 0 bridgehead atoms. The highest BCUT2D eigenvalue weighted by atomic mass is 32.1. The van der Waals surface area contributed by atoms with E-state index in [-0.39, 0.29) is 11.2 Å². The Bertz CT molecular complexity index is 243. The van der Waals surface area contributed by atoms with E-state index in [0.717, 1.165) is 32.2 Å². The number of hydrogen-bond donors (Lipinski definition) is 1. The molecule has 1 amide bonds. The Morgan fingerprint density at radius 2 is 1.75 bits per heavy atom. The fourth-order valence-electron chi connectivity index (χ4n) is 2.84. The lowest BCUT2D eigenvalue weighted by molar-refractivity contribution is -0.132. The Morgan fingerprint density at radius 1 is 1.19 bits per heavy atom. The molecule has 0 N–H and O–H groups in total. The van der Waals surface area contributed by atoms with Crippen LogP contribution in [0.1, 0.15) is 32.6 Å². The van der Waals surface area contributed by atoms with E-state index in [1.165, 1.54) is 25.7 Å². The van der Waals surface area contributed by atoms with Gasteiger partial charge in [-0.15, -0.1) is 0 Å². The topological polar surface area (TPSA) is 23.6 Å². The van der Waals surface area contributed by atoms with Gasteiger partial charge in [0.1, 0.15) is 0 Å². The molecule has 92 valence electrons. The Balaban J connectivity index is 1.80. The molecule has 2 rings (SSSR count). The SMILES string of the molecule is CC(S)C(=O)N1CCN(C2CCCC2)CC1. The van der Waals surface area contributed by atoms with Gasteiger partial charge in [-0.3, -0.25) is 9.69 Å². The van der Waals surface area contributed by atoms with Gasteiger partial charge in [-0.2, -0.15) is 12.6 Å². The average molecular weight is 242 g/mol. The lowest BCUT2D eigenvalue weighted by Gasteiger charge is -2.38. The average Bonchev–Trinajstić information content (AvgIpc) is 2.81. The molecule has 2 fully saturated rings. The summed E-state index contributed by atoms with van der Waals surface area (Å²) in [4.78, 5) is 16.3. The second-order valence-electron chi connectivity index (χ2n) is 4.98.